The van der Waals surface area contributed by atoms with Gasteiger partial charge in [-0.15, -0.1) is 0 Å². The fourth-order valence-corrected chi connectivity index (χ4v) is 2.81. The molecule has 0 N–H and O–H groups in total. The molecule has 2 saturated heterocycles. The summed E-state index contributed by atoms with van der Waals surface area (Å²) in [4.78, 5) is 14.2. The lowest BCUT2D eigenvalue weighted by Gasteiger charge is -2.40. The Balaban J connectivity index is 1.90. The number of nitrogens with zero attached hydrogens (tertiary/aromatic N) is 1. The van der Waals surface area contributed by atoms with Crippen LogP contribution in [0.5, 0.6) is 0 Å². The van der Waals surface area contributed by atoms with Crippen LogP contribution in [0.2, 0.25) is 0 Å². The van der Waals surface area contributed by atoms with Crippen molar-refractivity contribution in [2.45, 2.75) is 39.2 Å². The van der Waals surface area contributed by atoms with Gasteiger partial charge >= 0.3 is 0 Å². The van der Waals surface area contributed by atoms with Gasteiger partial charge in [0.05, 0.1) is 19.1 Å². The molecule has 2 fully saturated rings. The normalized spacial score (nSPS) is 37.6. The summed E-state index contributed by atoms with van der Waals surface area (Å²) >= 11 is 0. The number of ketones is 1. The Morgan fingerprint density at radius 2 is 2.25 bits per heavy atom. The lowest BCUT2D eigenvalue weighted by molar-refractivity contribution is -0.132. The molecule has 0 aromatic carbocycles. The van der Waals surface area contributed by atoms with Crippen LogP contribution in [0.4, 0.5) is 0 Å². The van der Waals surface area contributed by atoms with Crippen LogP contribution in [0.15, 0.2) is 0 Å². The van der Waals surface area contributed by atoms with E-state index in [4.69, 9.17) is 4.74 Å². The van der Waals surface area contributed by atoms with E-state index in [1.54, 1.807) is 0 Å². The maximum atomic E-state index is 11.7. The van der Waals surface area contributed by atoms with Gasteiger partial charge in [0, 0.05) is 19.0 Å². The van der Waals surface area contributed by atoms with E-state index in [-0.39, 0.29) is 5.92 Å². The average molecular weight is 225 g/mol. The molecule has 0 radical (unpaired) electrons. The van der Waals surface area contributed by atoms with Crippen LogP contribution in [-0.2, 0) is 9.53 Å². The summed E-state index contributed by atoms with van der Waals surface area (Å²) in [5.74, 6) is 1.28. The van der Waals surface area contributed by atoms with Crippen molar-refractivity contribution in [1.82, 2.24) is 4.90 Å². The maximum absolute atomic E-state index is 11.7. The number of hydrogen-bond donors (Lipinski definition) is 0. The first kappa shape index (κ1) is 12.1. The zero-order chi connectivity index (χ0) is 11.5. The molecular weight excluding hydrogens is 202 g/mol. The summed E-state index contributed by atoms with van der Waals surface area (Å²) in [5, 5.41) is 0. The Morgan fingerprint density at radius 1 is 1.44 bits per heavy atom. The predicted molar refractivity (Wildman–Crippen MR) is 63.4 cm³/mol. The quantitative estimate of drug-likeness (QED) is 0.716. The monoisotopic (exact) mass is 225 g/mol. The van der Waals surface area contributed by atoms with Gasteiger partial charge in [0.15, 0.2) is 0 Å². The minimum Gasteiger partial charge on any atom is -0.380 e. The number of likely N-dealkylation sites (tertiary alicyclic amines) is 1. The number of rotatable bonds is 2. The van der Waals surface area contributed by atoms with Crippen LogP contribution in [0, 0.1) is 11.8 Å². The number of Topliss-reactive ketones (excluding diaryl/α,β-unsaturated/α-hetero) is 1. The van der Waals surface area contributed by atoms with Crippen molar-refractivity contribution in [3.05, 3.63) is 0 Å². The average Bonchev–Trinajstić information content (AvgIpc) is 2.28. The first-order valence-electron chi connectivity index (χ1n) is 6.53. The lowest BCUT2D eigenvalue weighted by atomic mass is 9.90. The number of piperidine rings is 1. The molecule has 0 bridgehead atoms. The van der Waals surface area contributed by atoms with Gasteiger partial charge in [-0.05, 0) is 32.2 Å². The van der Waals surface area contributed by atoms with Gasteiger partial charge in [0.1, 0.15) is 5.78 Å². The summed E-state index contributed by atoms with van der Waals surface area (Å²) in [7, 11) is 0. The van der Waals surface area contributed by atoms with Crippen LogP contribution in [-0.4, -0.2) is 43.0 Å². The molecule has 0 amide bonds. The minimum atomic E-state index is 0.126. The van der Waals surface area contributed by atoms with Crippen molar-refractivity contribution in [2.24, 2.45) is 11.8 Å². The SMILES string of the molecule is CC1CCCN(CC2COCCC2=O)C1C. The zero-order valence-corrected chi connectivity index (χ0v) is 10.4. The van der Waals surface area contributed by atoms with E-state index >= 15 is 0 Å². The topological polar surface area (TPSA) is 29.5 Å². The fourth-order valence-electron chi connectivity index (χ4n) is 2.81. The van der Waals surface area contributed by atoms with Gasteiger partial charge < -0.3 is 4.74 Å². The van der Waals surface area contributed by atoms with Gasteiger partial charge in [0.2, 0.25) is 0 Å². The number of carbonyl (C=O) groups excluding carboxylic acids is 1. The number of hydrogen-bond acceptors (Lipinski definition) is 3. The highest BCUT2D eigenvalue weighted by atomic mass is 16.5. The number of ether oxygens (including phenoxy) is 1. The number of carbonyl (C=O) groups is 1. The van der Waals surface area contributed by atoms with Crippen LogP contribution >= 0.6 is 0 Å². The molecule has 3 unspecified atom stereocenters. The van der Waals surface area contributed by atoms with Crippen molar-refractivity contribution in [2.75, 3.05) is 26.3 Å². The fraction of sp³-hybridized carbons (Fsp3) is 0.923. The van der Waals surface area contributed by atoms with Crippen LogP contribution < -0.4 is 0 Å². The van der Waals surface area contributed by atoms with Crippen molar-refractivity contribution in [1.29, 1.82) is 0 Å². The Kier molecular flexibility index (Phi) is 3.98. The molecule has 0 aliphatic carbocycles. The van der Waals surface area contributed by atoms with Crippen LogP contribution in [0.1, 0.15) is 33.1 Å². The Bertz CT molecular complexity index is 254. The summed E-state index contributed by atoms with van der Waals surface area (Å²) < 4.78 is 5.41. The van der Waals surface area contributed by atoms with Crippen molar-refractivity contribution >= 4 is 5.78 Å². The molecule has 0 saturated carbocycles. The van der Waals surface area contributed by atoms with Gasteiger partial charge in [0.25, 0.3) is 0 Å². The highest BCUT2D eigenvalue weighted by Crippen LogP contribution is 2.24. The van der Waals surface area contributed by atoms with Crippen LogP contribution in [0.25, 0.3) is 0 Å². The third-order valence-corrected chi connectivity index (χ3v) is 4.23. The van der Waals surface area contributed by atoms with Crippen LogP contribution in [0.3, 0.4) is 0 Å². The summed E-state index contributed by atoms with van der Waals surface area (Å²) in [6.07, 6.45) is 3.21. The Hall–Kier alpha value is -0.410. The van der Waals surface area contributed by atoms with Gasteiger partial charge in [-0.2, -0.15) is 0 Å². The first-order chi connectivity index (χ1) is 7.68. The molecule has 2 aliphatic heterocycles. The Morgan fingerprint density at radius 3 is 3.00 bits per heavy atom. The maximum Gasteiger partial charge on any atom is 0.141 e. The first-order valence-corrected chi connectivity index (χ1v) is 6.53. The highest BCUT2D eigenvalue weighted by Gasteiger charge is 2.30. The third kappa shape index (κ3) is 2.64. The van der Waals surface area contributed by atoms with E-state index in [0.717, 1.165) is 19.0 Å². The Labute approximate surface area is 98.1 Å². The smallest absolute Gasteiger partial charge is 0.141 e. The van der Waals surface area contributed by atoms with Crippen molar-refractivity contribution < 1.29 is 9.53 Å². The van der Waals surface area contributed by atoms with Gasteiger partial charge in [-0.25, -0.2) is 0 Å². The molecule has 2 aliphatic rings. The largest absolute Gasteiger partial charge is 0.380 e. The lowest BCUT2D eigenvalue weighted by Crippen LogP contribution is -2.47. The summed E-state index contributed by atoms with van der Waals surface area (Å²) in [5.41, 5.74) is 0. The summed E-state index contributed by atoms with van der Waals surface area (Å²) in [6, 6.07) is 0.614. The molecule has 3 nitrogen and oxygen atoms in total. The minimum absolute atomic E-state index is 0.126. The van der Waals surface area contributed by atoms with Gasteiger partial charge in [-0.3, -0.25) is 9.69 Å². The van der Waals surface area contributed by atoms with E-state index in [0.29, 0.717) is 31.5 Å². The second-order valence-electron chi connectivity index (χ2n) is 5.34. The molecule has 92 valence electrons. The predicted octanol–water partition coefficient (Wildman–Crippen LogP) is 1.71. The van der Waals surface area contributed by atoms with E-state index in [9.17, 15) is 4.79 Å². The molecule has 0 aromatic rings. The molecule has 0 spiro atoms. The molecule has 16 heavy (non-hydrogen) atoms. The second kappa shape index (κ2) is 5.28. The molecule has 2 rings (SSSR count). The zero-order valence-electron chi connectivity index (χ0n) is 10.4. The molecular formula is C13H23NO2. The van der Waals surface area contributed by atoms with E-state index in [1.165, 1.54) is 12.8 Å². The standard InChI is InChI=1S/C13H23NO2/c1-10-4-3-6-14(11(10)2)8-12-9-16-7-5-13(12)15/h10-12H,3-9H2,1-2H3. The second-order valence-corrected chi connectivity index (χ2v) is 5.34. The third-order valence-electron chi connectivity index (χ3n) is 4.23. The van der Waals surface area contributed by atoms with E-state index in [2.05, 4.69) is 18.7 Å². The van der Waals surface area contributed by atoms with E-state index < -0.39 is 0 Å². The van der Waals surface area contributed by atoms with E-state index in [1.807, 2.05) is 0 Å². The highest BCUT2D eigenvalue weighted by molar-refractivity contribution is 5.82. The van der Waals surface area contributed by atoms with Crippen molar-refractivity contribution in [3.8, 4) is 0 Å². The van der Waals surface area contributed by atoms with Gasteiger partial charge in [-0.1, -0.05) is 6.92 Å². The molecule has 3 atom stereocenters. The van der Waals surface area contributed by atoms with Crippen molar-refractivity contribution in [3.63, 3.8) is 0 Å². The molecule has 2 heterocycles. The summed E-state index contributed by atoms with van der Waals surface area (Å²) in [6.45, 7) is 7.92. The molecule has 3 heteroatoms. The molecule has 0 aromatic heterocycles.